The topological polar surface area (TPSA) is 57.2 Å². The van der Waals surface area contributed by atoms with Crippen LogP contribution in [0.15, 0.2) is 0 Å². The molecule has 0 heterocycles. The van der Waals surface area contributed by atoms with Gasteiger partial charge < -0.3 is 22.8 Å². The van der Waals surface area contributed by atoms with Crippen LogP contribution in [0.1, 0.15) is 66.7 Å². The van der Waals surface area contributed by atoms with E-state index in [1.807, 2.05) is 6.92 Å². The zero-order valence-electron chi connectivity index (χ0n) is 14.7. The smallest absolute Gasteiger partial charge is 0.396 e. The van der Waals surface area contributed by atoms with Crippen molar-refractivity contribution in [3.63, 3.8) is 0 Å². The van der Waals surface area contributed by atoms with Crippen molar-refractivity contribution in [2.75, 3.05) is 33.0 Å². The Balaban J connectivity index is 0. The minimum absolute atomic E-state index is 0.319. The van der Waals surface area contributed by atoms with Gasteiger partial charge in [-0.05, 0) is 32.1 Å². The Morgan fingerprint density at radius 3 is 0.952 bits per heavy atom. The molecule has 0 aromatic heterocycles. The van der Waals surface area contributed by atoms with Gasteiger partial charge in [-0.1, -0.05) is 34.6 Å². The molecule has 0 aliphatic heterocycles. The number of rotatable bonds is 13. The summed E-state index contributed by atoms with van der Waals surface area (Å²) < 4.78 is 23.0. The van der Waals surface area contributed by atoms with E-state index in [1.54, 1.807) is 0 Å². The summed E-state index contributed by atoms with van der Waals surface area (Å²) in [6.07, 6.45) is 4.63. The molecule has 0 aromatic carbocycles. The largest absolute Gasteiger partial charge is 0.679 e. The Morgan fingerprint density at radius 1 is 0.571 bits per heavy atom. The van der Waals surface area contributed by atoms with Crippen LogP contribution in [0.25, 0.3) is 0 Å². The number of hydrogen-bond acceptors (Lipinski definition) is 5. The van der Waals surface area contributed by atoms with Gasteiger partial charge in [0.15, 0.2) is 0 Å². The molecule has 0 aromatic rings. The van der Waals surface area contributed by atoms with Gasteiger partial charge in [0.2, 0.25) is 0 Å². The van der Waals surface area contributed by atoms with Crippen molar-refractivity contribution < 1.29 is 22.8 Å². The van der Waals surface area contributed by atoms with Gasteiger partial charge in [0, 0.05) is 33.0 Å². The van der Waals surface area contributed by atoms with Crippen molar-refractivity contribution in [2.24, 2.45) is 0 Å². The second-order valence-electron chi connectivity index (χ2n) is 4.62. The molecule has 0 fully saturated rings. The minimum Gasteiger partial charge on any atom is -0.396 e. The van der Waals surface area contributed by atoms with Crippen molar-refractivity contribution in [1.29, 1.82) is 0 Å². The molecule has 0 rings (SSSR count). The Kier molecular flexibility index (Phi) is 20.0. The highest BCUT2D eigenvalue weighted by Crippen LogP contribution is 2.14. The second-order valence-corrected chi connectivity index (χ2v) is 6.77. The summed E-state index contributed by atoms with van der Waals surface area (Å²) in [5.41, 5.74) is 0. The highest BCUT2D eigenvalue weighted by Gasteiger charge is 2.45. The van der Waals surface area contributed by atoms with Gasteiger partial charge >= 0.3 is 9.05 Å². The molecule has 21 heavy (non-hydrogen) atoms. The Bertz CT molecular complexity index is 153. The number of hydrogen-bond donors (Lipinski definition) is 1. The van der Waals surface area contributed by atoms with Gasteiger partial charge in [0.05, 0.1) is 0 Å². The van der Waals surface area contributed by atoms with Crippen LogP contribution in [-0.2, 0) is 17.7 Å². The van der Waals surface area contributed by atoms with Gasteiger partial charge in [-0.25, -0.2) is 0 Å². The van der Waals surface area contributed by atoms with Crippen molar-refractivity contribution >= 4 is 9.05 Å². The Morgan fingerprint density at radius 2 is 0.810 bits per heavy atom. The lowest BCUT2D eigenvalue weighted by Gasteiger charge is -2.27. The van der Waals surface area contributed by atoms with E-state index >= 15 is 0 Å². The van der Waals surface area contributed by atoms with Crippen molar-refractivity contribution in [1.82, 2.24) is 0 Å². The Labute approximate surface area is 132 Å². The van der Waals surface area contributed by atoms with Gasteiger partial charge in [0.1, 0.15) is 0 Å². The van der Waals surface area contributed by atoms with E-state index in [4.69, 9.17) is 22.8 Å². The molecule has 0 radical (unpaired) electrons. The summed E-state index contributed by atoms with van der Waals surface area (Å²) in [4.78, 5) is 0. The van der Waals surface area contributed by atoms with Crippen LogP contribution in [0.4, 0.5) is 0 Å². The third-order valence-corrected chi connectivity index (χ3v) is 4.39. The average Bonchev–Trinajstić information content (AvgIpc) is 2.53. The summed E-state index contributed by atoms with van der Waals surface area (Å²) in [7, 11) is -2.88. The SMILES string of the molecule is CCCO.CCCO[Si](OCCC)(OCCC)OCCC. The van der Waals surface area contributed by atoms with Crippen LogP contribution in [0.3, 0.4) is 0 Å². The van der Waals surface area contributed by atoms with Crippen LogP contribution in [-0.4, -0.2) is 47.2 Å². The zero-order chi connectivity index (χ0) is 16.4. The fourth-order valence-corrected chi connectivity index (χ4v) is 3.47. The molecule has 6 heteroatoms. The highest BCUT2D eigenvalue weighted by molar-refractivity contribution is 6.53. The first-order valence-electron chi connectivity index (χ1n) is 8.32. The van der Waals surface area contributed by atoms with E-state index in [9.17, 15) is 0 Å². The third-order valence-electron chi connectivity index (χ3n) is 2.16. The minimum atomic E-state index is -2.88. The average molecular weight is 325 g/mol. The van der Waals surface area contributed by atoms with Gasteiger partial charge in [-0.3, -0.25) is 0 Å². The summed E-state index contributed by atoms with van der Waals surface area (Å²) in [6.45, 7) is 13.0. The van der Waals surface area contributed by atoms with Crippen molar-refractivity contribution in [3.8, 4) is 0 Å². The van der Waals surface area contributed by atoms with E-state index in [2.05, 4.69) is 27.7 Å². The molecule has 0 spiro atoms. The lowest BCUT2D eigenvalue weighted by molar-refractivity contribution is -0.0347. The predicted octanol–water partition coefficient (Wildman–Crippen LogP) is 3.52. The molecular weight excluding hydrogens is 288 g/mol. The quantitative estimate of drug-likeness (QED) is 0.525. The van der Waals surface area contributed by atoms with Crippen molar-refractivity contribution in [2.45, 2.75) is 66.7 Å². The zero-order valence-corrected chi connectivity index (χ0v) is 15.7. The van der Waals surface area contributed by atoms with E-state index in [0.29, 0.717) is 33.0 Å². The molecule has 0 atom stereocenters. The fourth-order valence-electron chi connectivity index (χ4n) is 1.16. The molecule has 0 bridgehead atoms. The maximum Gasteiger partial charge on any atom is 0.679 e. The maximum absolute atomic E-state index is 7.88. The van der Waals surface area contributed by atoms with Gasteiger partial charge in [-0.2, -0.15) is 0 Å². The molecule has 5 nitrogen and oxygen atoms in total. The van der Waals surface area contributed by atoms with E-state index in [1.165, 1.54) is 0 Å². The summed E-state index contributed by atoms with van der Waals surface area (Å²) in [5, 5.41) is 7.88. The van der Waals surface area contributed by atoms with Crippen LogP contribution in [0.5, 0.6) is 0 Å². The van der Waals surface area contributed by atoms with Crippen molar-refractivity contribution in [3.05, 3.63) is 0 Å². The molecule has 1 N–H and O–H groups in total. The predicted molar refractivity (Wildman–Crippen MR) is 88.1 cm³/mol. The third kappa shape index (κ3) is 14.7. The number of aliphatic hydroxyl groups is 1. The monoisotopic (exact) mass is 324 g/mol. The summed E-state index contributed by atoms with van der Waals surface area (Å²) in [6, 6.07) is 0. The Hall–Kier alpha value is 0.0169. The fraction of sp³-hybridized carbons (Fsp3) is 1.00. The molecule has 0 aliphatic carbocycles. The lowest BCUT2D eigenvalue weighted by atomic mass is 10.5. The number of aliphatic hydroxyl groups excluding tert-OH is 1. The summed E-state index contributed by atoms with van der Waals surface area (Å²) in [5.74, 6) is 0. The first kappa shape index (κ1) is 23.3. The van der Waals surface area contributed by atoms with Crippen LogP contribution in [0, 0.1) is 0 Å². The normalized spacial score (nSPS) is 11.1. The molecule has 0 saturated heterocycles. The molecule has 130 valence electrons. The molecule has 0 unspecified atom stereocenters. The van der Waals surface area contributed by atoms with E-state index in [0.717, 1.165) is 32.1 Å². The van der Waals surface area contributed by atoms with Gasteiger partial charge in [-0.15, -0.1) is 0 Å². The molecule has 0 saturated carbocycles. The summed E-state index contributed by atoms with van der Waals surface area (Å²) >= 11 is 0. The lowest BCUT2D eigenvalue weighted by Crippen LogP contribution is -2.50. The van der Waals surface area contributed by atoms with E-state index in [-0.39, 0.29) is 0 Å². The molecule has 0 aliphatic rings. The highest BCUT2D eigenvalue weighted by atomic mass is 28.4. The van der Waals surface area contributed by atoms with Crippen LogP contribution < -0.4 is 0 Å². The van der Waals surface area contributed by atoms with Gasteiger partial charge in [0.25, 0.3) is 0 Å². The first-order valence-corrected chi connectivity index (χ1v) is 9.96. The van der Waals surface area contributed by atoms with Crippen LogP contribution in [0.2, 0.25) is 0 Å². The second kappa shape index (κ2) is 18.1. The van der Waals surface area contributed by atoms with Crippen LogP contribution >= 0.6 is 0 Å². The molecular formula is C15H36O5Si. The first-order chi connectivity index (χ1) is 10.2. The standard InChI is InChI=1S/C12H28O4Si.C3H8O/c1-5-9-13-17(14-10-6-2,15-11-7-3)16-12-8-4;1-2-3-4/h5-12H2,1-4H3;4H,2-3H2,1H3. The van der Waals surface area contributed by atoms with E-state index < -0.39 is 9.05 Å². The molecule has 0 amide bonds. The maximum atomic E-state index is 7.88.